The Bertz CT molecular complexity index is 911. The molecule has 136 valence electrons. The van der Waals surface area contributed by atoms with Crippen LogP contribution in [0.3, 0.4) is 0 Å². The fraction of sp³-hybridized carbons (Fsp3) is 0.316. The van der Waals surface area contributed by atoms with Gasteiger partial charge in [0.05, 0.1) is 12.2 Å². The number of H-pyrrole nitrogens is 1. The van der Waals surface area contributed by atoms with Crippen LogP contribution in [0.1, 0.15) is 31.1 Å². The summed E-state index contributed by atoms with van der Waals surface area (Å²) >= 11 is 0. The number of ether oxygens (including phenoxy) is 1. The number of aromatic nitrogens is 1. The first-order chi connectivity index (χ1) is 12.3. The largest absolute Gasteiger partial charge is 0.490 e. The van der Waals surface area contributed by atoms with Crippen LogP contribution in [0.5, 0.6) is 5.75 Å². The van der Waals surface area contributed by atoms with Gasteiger partial charge in [-0.3, -0.25) is 14.4 Å². The molecule has 7 nitrogen and oxygen atoms in total. The van der Waals surface area contributed by atoms with Gasteiger partial charge < -0.3 is 19.9 Å². The summed E-state index contributed by atoms with van der Waals surface area (Å²) < 4.78 is 5.62. The molecule has 1 aromatic heterocycles. The van der Waals surface area contributed by atoms with E-state index in [0.717, 1.165) is 0 Å². The van der Waals surface area contributed by atoms with Gasteiger partial charge in [0.1, 0.15) is 17.9 Å². The number of nitrogens with one attached hydrogen (secondary N) is 2. The summed E-state index contributed by atoms with van der Waals surface area (Å²) in [7, 11) is 0. The van der Waals surface area contributed by atoms with Crippen LogP contribution in [0, 0.1) is 5.41 Å². The molecule has 1 aromatic carbocycles. The lowest BCUT2D eigenvalue weighted by molar-refractivity contribution is -0.126. The molecule has 2 amide bonds. The Balaban J connectivity index is 1.90. The van der Waals surface area contributed by atoms with E-state index in [1.807, 2.05) is 20.8 Å². The number of anilines is 2. The SMILES string of the molecule is CC(C)(C)C(=O)N1CCOc2ccc(NC(=O)c3ccc[nH]c3=O)cc21. The maximum absolute atomic E-state index is 12.7. The first-order valence-electron chi connectivity index (χ1n) is 8.35. The molecule has 7 heteroatoms. The summed E-state index contributed by atoms with van der Waals surface area (Å²) in [6.45, 7) is 6.44. The van der Waals surface area contributed by atoms with Crippen molar-refractivity contribution in [1.29, 1.82) is 0 Å². The molecule has 2 N–H and O–H groups in total. The highest BCUT2D eigenvalue weighted by Gasteiger charge is 2.32. The second kappa shape index (κ2) is 6.67. The van der Waals surface area contributed by atoms with E-state index < -0.39 is 16.9 Å². The first-order valence-corrected chi connectivity index (χ1v) is 8.35. The minimum Gasteiger partial charge on any atom is -0.490 e. The monoisotopic (exact) mass is 355 g/mol. The lowest BCUT2D eigenvalue weighted by atomic mass is 9.94. The molecule has 2 aromatic rings. The molecule has 0 saturated heterocycles. The van der Waals surface area contributed by atoms with Crippen molar-refractivity contribution in [2.75, 3.05) is 23.4 Å². The number of carbonyl (C=O) groups excluding carboxylic acids is 2. The Morgan fingerprint density at radius 1 is 1.23 bits per heavy atom. The Kier molecular flexibility index (Phi) is 4.54. The zero-order valence-corrected chi connectivity index (χ0v) is 15.0. The molecular formula is C19H21N3O4. The topological polar surface area (TPSA) is 91.5 Å². The summed E-state index contributed by atoms with van der Waals surface area (Å²) in [5.41, 5.74) is 0.107. The van der Waals surface area contributed by atoms with Crippen molar-refractivity contribution >= 4 is 23.2 Å². The van der Waals surface area contributed by atoms with E-state index in [4.69, 9.17) is 4.74 Å². The Labute approximate surface area is 151 Å². The number of pyridine rings is 1. The van der Waals surface area contributed by atoms with Crippen molar-refractivity contribution < 1.29 is 14.3 Å². The summed E-state index contributed by atoms with van der Waals surface area (Å²) in [6, 6.07) is 8.11. The quantitative estimate of drug-likeness (QED) is 0.865. The predicted octanol–water partition coefficient (Wildman–Crippen LogP) is 2.40. The van der Waals surface area contributed by atoms with Crippen LogP contribution in [0.4, 0.5) is 11.4 Å². The van der Waals surface area contributed by atoms with Gasteiger partial charge in [-0.25, -0.2) is 0 Å². The first kappa shape index (κ1) is 17.7. The number of hydrogen-bond donors (Lipinski definition) is 2. The highest BCUT2D eigenvalue weighted by molar-refractivity contribution is 6.05. The molecule has 1 aliphatic heterocycles. The number of fused-ring (bicyclic) bond motifs is 1. The Morgan fingerprint density at radius 3 is 2.69 bits per heavy atom. The van der Waals surface area contributed by atoms with Gasteiger partial charge in [0.2, 0.25) is 5.91 Å². The van der Waals surface area contributed by atoms with Crippen molar-refractivity contribution in [2.45, 2.75) is 20.8 Å². The molecular weight excluding hydrogens is 334 g/mol. The van der Waals surface area contributed by atoms with Crippen LogP contribution in [0.2, 0.25) is 0 Å². The van der Waals surface area contributed by atoms with Crippen molar-refractivity contribution in [3.05, 3.63) is 52.4 Å². The molecule has 0 unspecified atom stereocenters. The van der Waals surface area contributed by atoms with E-state index in [0.29, 0.717) is 30.3 Å². The van der Waals surface area contributed by atoms with Crippen LogP contribution >= 0.6 is 0 Å². The number of carbonyl (C=O) groups is 2. The van der Waals surface area contributed by atoms with E-state index in [1.54, 1.807) is 29.2 Å². The standard InChI is InChI=1S/C19H21N3O4/c1-19(2,3)18(25)22-9-10-26-15-7-6-12(11-14(15)22)21-17(24)13-5-4-8-20-16(13)23/h4-8,11H,9-10H2,1-3H3,(H,20,23)(H,21,24). The van der Waals surface area contributed by atoms with Crippen LogP contribution in [0.25, 0.3) is 0 Å². The minimum atomic E-state index is -0.537. The number of aromatic amines is 1. The second-order valence-electron chi connectivity index (χ2n) is 7.10. The molecule has 1 aliphatic rings. The predicted molar refractivity (Wildman–Crippen MR) is 98.8 cm³/mol. The van der Waals surface area contributed by atoms with E-state index in [-0.39, 0.29) is 11.5 Å². The van der Waals surface area contributed by atoms with Gasteiger partial charge in [-0.2, -0.15) is 0 Å². The van der Waals surface area contributed by atoms with Gasteiger partial charge in [0.15, 0.2) is 0 Å². The van der Waals surface area contributed by atoms with Gasteiger partial charge in [-0.05, 0) is 30.3 Å². The van der Waals surface area contributed by atoms with Crippen LogP contribution in [0.15, 0.2) is 41.3 Å². The maximum Gasteiger partial charge on any atom is 0.261 e. The van der Waals surface area contributed by atoms with Gasteiger partial charge in [-0.1, -0.05) is 20.8 Å². The van der Waals surface area contributed by atoms with Crippen molar-refractivity contribution in [3.63, 3.8) is 0 Å². The van der Waals surface area contributed by atoms with Gasteiger partial charge in [-0.15, -0.1) is 0 Å². The third-order valence-corrected chi connectivity index (χ3v) is 4.03. The smallest absolute Gasteiger partial charge is 0.261 e. The van der Waals surface area contributed by atoms with Gasteiger partial charge in [0.25, 0.3) is 11.5 Å². The van der Waals surface area contributed by atoms with Crippen LogP contribution in [-0.4, -0.2) is 29.9 Å². The molecule has 0 aliphatic carbocycles. The second-order valence-corrected chi connectivity index (χ2v) is 7.10. The normalized spacial score (nSPS) is 13.6. The summed E-state index contributed by atoms with van der Waals surface area (Å²) in [5.74, 6) is 0.0478. The number of nitrogens with zero attached hydrogens (tertiary/aromatic N) is 1. The minimum absolute atomic E-state index is 0.0177. The highest BCUT2D eigenvalue weighted by Crippen LogP contribution is 2.36. The molecule has 0 atom stereocenters. The molecule has 26 heavy (non-hydrogen) atoms. The lowest BCUT2D eigenvalue weighted by Gasteiger charge is -2.34. The number of benzene rings is 1. The van der Waals surface area contributed by atoms with Crippen molar-refractivity contribution in [1.82, 2.24) is 4.98 Å². The van der Waals surface area contributed by atoms with Crippen molar-refractivity contribution in [2.24, 2.45) is 5.41 Å². The Hall–Kier alpha value is -3.09. The fourth-order valence-electron chi connectivity index (χ4n) is 2.71. The summed E-state index contributed by atoms with van der Waals surface area (Å²) in [6.07, 6.45) is 1.46. The molecule has 0 saturated carbocycles. The number of amides is 2. The third-order valence-electron chi connectivity index (χ3n) is 4.03. The van der Waals surface area contributed by atoms with Gasteiger partial charge in [0, 0.05) is 17.3 Å². The molecule has 0 bridgehead atoms. The number of rotatable bonds is 2. The van der Waals surface area contributed by atoms with E-state index >= 15 is 0 Å². The van der Waals surface area contributed by atoms with E-state index in [2.05, 4.69) is 10.3 Å². The average Bonchev–Trinajstić information content (AvgIpc) is 2.60. The Morgan fingerprint density at radius 2 is 2.00 bits per heavy atom. The third kappa shape index (κ3) is 3.46. The molecule has 0 fully saturated rings. The van der Waals surface area contributed by atoms with E-state index in [9.17, 15) is 14.4 Å². The molecule has 2 heterocycles. The molecule has 3 rings (SSSR count). The van der Waals surface area contributed by atoms with Crippen molar-refractivity contribution in [3.8, 4) is 5.75 Å². The number of hydrogen-bond acceptors (Lipinski definition) is 4. The fourth-order valence-corrected chi connectivity index (χ4v) is 2.71. The molecule has 0 spiro atoms. The summed E-state index contributed by atoms with van der Waals surface area (Å²) in [5, 5.41) is 2.69. The van der Waals surface area contributed by atoms with Crippen LogP contribution in [-0.2, 0) is 4.79 Å². The van der Waals surface area contributed by atoms with Crippen LogP contribution < -0.4 is 20.5 Å². The zero-order chi connectivity index (χ0) is 18.9. The lowest BCUT2D eigenvalue weighted by Crippen LogP contribution is -2.44. The average molecular weight is 355 g/mol. The van der Waals surface area contributed by atoms with E-state index in [1.165, 1.54) is 12.3 Å². The molecule has 0 radical (unpaired) electrons. The van der Waals surface area contributed by atoms with Gasteiger partial charge >= 0.3 is 0 Å². The highest BCUT2D eigenvalue weighted by atomic mass is 16.5. The summed E-state index contributed by atoms with van der Waals surface area (Å²) in [4.78, 5) is 40.9. The maximum atomic E-state index is 12.7. The zero-order valence-electron chi connectivity index (χ0n) is 15.0.